The van der Waals surface area contributed by atoms with Gasteiger partial charge in [0.05, 0.1) is 7.11 Å². The van der Waals surface area contributed by atoms with Crippen molar-refractivity contribution < 1.29 is 9.53 Å². The summed E-state index contributed by atoms with van der Waals surface area (Å²) in [7, 11) is 3.51. The van der Waals surface area contributed by atoms with Gasteiger partial charge in [-0.05, 0) is 25.3 Å². The maximum atomic E-state index is 12.5. The van der Waals surface area contributed by atoms with Crippen LogP contribution < -0.4 is 10.5 Å². The average Bonchev–Trinajstić information content (AvgIpc) is 2.47. The van der Waals surface area contributed by atoms with Crippen LogP contribution in [0.3, 0.4) is 0 Å². The zero-order valence-corrected chi connectivity index (χ0v) is 12.3. The van der Waals surface area contributed by atoms with Gasteiger partial charge >= 0.3 is 0 Å². The summed E-state index contributed by atoms with van der Waals surface area (Å²) in [5.74, 6) is 1.11. The lowest BCUT2D eigenvalue weighted by Crippen LogP contribution is -2.38. The smallest absolute Gasteiger partial charge is 0.225 e. The third-order valence-corrected chi connectivity index (χ3v) is 4.04. The Morgan fingerprint density at radius 3 is 2.85 bits per heavy atom. The summed E-state index contributed by atoms with van der Waals surface area (Å²) in [6.45, 7) is 0.578. The normalized spacial score (nSPS) is 22.4. The second-order valence-electron chi connectivity index (χ2n) is 5.63. The summed E-state index contributed by atoms with van der Waals surface area (Å²) >= 11 is 0. The van der Waals surface area contributed by atoms with Gasteiger partial charge in [-0.15, -0.1) is 0 Å². The molecule has 1 aromatic carbocycles. The monoisotopic (exact) mass is 276 g/mol. The molecule has 4 nitrogen and oxygen atoms in total. The molecule has 2 N–H and O–H groups in total. The van der Waals surface area contributed by atoms with Crippen LogP contribution >= 0.6 is 0 Å². The zero-order valence-electron chi connectivity index (χ0n) is 12.3. The Morgan fingerprint density at radius 1 is 1.40 bits per heavy atom. The molecule has 1 aliphatic carbocycles. The van der Waals surface area contributed by atoms with Crippen LogP contribution in [0.4, 0.5) is 0 Å². The molecule has 0 radical (unpaired) electrons. The quantitative estimate of drug-likeness (QED) is 0.917. The van der Waals surface area contributed by atoms with Crippen LogP contribution in [0.2, 0.25) is 0 Å². The van der Waals surface area contributed by atoms with E-state index < -0.39 is 0 Å². The minimum absolute atomic E-state index is 0.0819. The summed E-state index contributed by atoms with van der Waals surface area (Å²) in [6, 6.07) is 7.99. The summed E-state index contributed by atoms with van der Waals surface area (Å²) in [4.78, 5) is 14.3. The Kier molecular flexibility index (Phi) is 5.01. The number of amides is 1. The van der Waals surface area contributed by atoms with Gasteiger partial charge in [0.25, 0.3) is 0 Å². The van der Waals surface area contributed by atoms with Crippen molar-refractivity contribution in [3.05, 3.63) is 29.8 Å². The molecule has 1 amide bonds. The van der Waals surface area contributed by atoms with Crippen LogP contribution in [0, 0.1) is 5.92 Å². The lowest BCUT2D eigenvalue weighted by Gasteiger charge is -2.29. The van der Waals surface area contributed by atoms with Gasteiger partial charge in [-0.1, -0.05) is 24.6 Å². The van der Waals surface area contributed by atoms with Gasteiger partial charge in [-0.3, -0.25) is 4.79 Å². The van der Waals surface area contributed by atoms with Crippen LogP contribution in [0.1, 0.15) is 31.2 Å². The van der Waals surface area contributed by atoms with E-state index in [2.05, 4.69) is 0 Å². The van der Waals surface area contributed by atoms with Gasteiger partial charge in [0.2, 0.25) is 5.91 Å². The fourth-order valence-corrected chi connectivity index (χ4v) is 2.93. The van der Waals surface area contributed by atoms with E-state index in [0.717, 1.165) is 37.0 Å². The molecule has 110 valence electrons. The Bertz CT molecular complexity index is 462. The highest BCUT2D eigenvalue weighted by molar-refractivity contribution is 5.78. The molecule has 0 bridgehead atoms. The predicted octanol–water partition coefficient (Wildman–Crippen LogP) is 2.17. The second-order valence-corrected chi connectivity index (χ2v) is 5.63. The van der Waals surface area contributed by atoms with E-state index in [-0.39, 0.29) is 17.9 Å². The third-order valence-electron chi connectivity index (χ3n) is 4.04. The maximum absolute atomic E-state index is 12.5. The van der Waals surface area contributed by atoms with Crippen molar-refractivity contribution in [2.75, 3.05) is 14.2 Å². The number of rotatable bonds is 4. The number of hydrogen-bond donors (Lipinski definition) is 1. The standard InChI is InChI=1S/C16H24N2O2/c1-18(11-13-6-3-4-9-15(13)20-2)16(19)12-7-5-8-14(17)10-12/h3-4,6,9,12,14H,5,7-8,10-11,17H2,1-2H3. The van der Waals surface area contributed by atoms with Gasteiger partial charge in [0, 0.05) is 31.1 Å². The van der Waals surface area contributed by atoms with Gasteiger partial charge in [-0.25, -0.2) is 0 Å². The largest absolute Gasteiger partial charge is 0.496 e. The minimum atomic E-state index is 0.0819. The summed E-state index contributed by atoms with van der Waals surface area (Å²) < 4.78 is 5.33. The zero-order chi connectivity index (χ0) is 14.5. The molecule has 2 unspecified atom stereocenters. The first-order valence-corrected chi connectivity index (χ1v) is 7.24. The third kappa shape index (κ3) is 3.51. The number of carbonyl (C=O) groups excluding carboxylic acids is 1. The maximum Gasteiger partial charge on any atom is 0.225 e. The van der Waals surface area contributed by atoms with Gasteiger partial charge in [0.1, 0.15) is 5.75 Å². The molecule has 1 aromatic rings. The summed E-state index contributed by atoms with van der Waals surface area (Å²) in [6.07, 6.45) is 3.87. The molecule has 1 aliphatic rings. The van der Waals surface area contributed by atoms with E-state index >= 15 is 0 Å². The molecule has 1 saturated carbocycles. The van der Waals surface area contributed by atoms with E-state index in [1.54, 1.807) is 12.0 Å². The van der Waals surface area contributed by atoms with Gasteiger partial charge in [-0.2, -0.15) is 0 Å². The molecule has 0 saturated heterocycles. The van der Waals surface area contributed by atoms with Crippen molar-refractivity contribution in [1.29, 1.82) is 0 Å². The first-order chi connectivity index (χ1) is 9.61. The minimum Gasteiger partial charge on any atom is -0.496 e. The molecule has 1 fully saturated rings. The van der Waals surface area contributed by atoms with E-state index in [4.69, 9.17) is 10.5 Å². The van der Waals surface area contributed by atoms with Crippen LogP contribution in [-0.2, 0) is 11.3 Å². The number of nitrogens with two attached hydrogens (primary N) is 1. The van der Waals surface area contributed by atoms with Crippen LogP contribution in [0.25, 0.3) is 0 Å². The number of carbonyl (C=O) groups is 1. The number of benzene rings is 1. The number of nitrogens with zero attached hydrogens (tertiary/aromatic N) is 1. The Balaban J connectivity index is 2.00. The number of hydrogen-bond acceptors (Lipinski definition) is 3. The van der Waals surface area contributed by atoms with Crippen molar-refractivity contribution in [1.82, 2.24) is 4.90 Å². The van der Waals surface area contributed by atoms with Crippen molar-refractivity contribution in [3.8, 4) is 5.75 Å². The van der Waals surface area contributed by atoms with E-state index in [0.29, 0.717) is 6.54 Å². The molecule has 4 heteroatoms. The number of ether oxygens (including phenoxy) is 1. The molecular formula is C16H24N2O2. The van der Waals surface area contributed by atoms with Crippen LogP contribution in [0.5, 0.6) is 5.75 Å². The molecule has 0 spiro atoms. The average molecular weight is 276 g/mol. The van der Waals surface area contributed by atoms with Gasteiger partial charge < -0.3 is 15.4 Å². The van der Waals surface area contributed by atoms with Crippen molar-refractivity contribution in [2.24, 2.45) is 11.7 Å². The van der Waals surface area contributed by atoms with E-state index in [1.807, 2.05) is 31.3 Å². The van der Waals surface area contributed by atoms with Crippen LogP contribution in [0.15, 0.2) is 24.3 Å². The first-order valence-electron chi connectivity index (χ1n) is 7.24. The first kappa shape index (κ1) is 14.9. The topological polar surface area (TPSA) is 55.6 Å². The highest BCUT2D eigenvalue weighted by Gasteiger charge is 2.27. The lowest BCUT2D eigenvalue weighted by molar-refractivity contribution is -0.135. The highest BCUT2D eigenvalue weighted by atomic mass is 16.5. The van der Waals surface area contributed by atoms with Gasteiger partial charge in [0.15, 0.2) is 0 Å². The molecular weight excluding hydrogens is 252 g/mol. The van der Waals surface area contributed by atoms with Crippen molar-refractivity contribution in [3.63, 3.8) is 0 Å². The summed E-state index contributed by atoms with van der Waals surface area (Å²) in [5, 5.41) is 0. The molecule has 2 rings (SSSR count). The molecule has 0 aromatic heterocycles. The van der Waals surface area contributed by atoms with E-state index in [9.17, 15) is 4.79 Å². The fraction of sp³-hybridized carbons (Fsp3) is 0.562. The Hall–Kier alpha value is -1.55. The highest BCUT2D eigenvalue weighted by Crippen LogP contribution is 2.26. The van der Waals surface area contributed by atoms with E-state index in [1.165, 1.54) is 0 Å². The number of para-hydroxylation sites is 1. The second kappa shape index (κ2) is 6.75. The SMILES string of the molecule is COc1ccccc1CN(C)C(=O)C1CCCC(N)C1. The molecule has 0 heterocycles. The molecule has 0 aliphatic heterocycles. The fourth-order valence-electron chi connectivity index (χ4n) is 2.93. The number of methoxy groups -OCH3 is 1. The van der Waals surface area contributed by atoms with Crippen molar-refractivity contribution >= 4 is 5.91 Å². The lowest BCUT2D eigenvalue weighted by atomic mass is 9.85. The van der Waals surface area contributed by atoms with Crippen molar-refractivity contribution in [2.45, 2.75) is 38.3 Å². The van der Waals surface area contributed by atoms with Crippen LogP contribution in [-0.4, -0.2) is 31.0 Å². The molecule has 2 atom stereocenters. The molecule has 20 heavy (non-hydrogen) atoms. The predicted molar refractivity (Wildman–Crippen MR) is 79.4 cm³/mol. The Morgan fingerprint density at radius 2 is 2.15 bits per heavy atom. The Labute approximate surface area is 120 Å². The summed E-state index contributed by atoms with van der Waals surface area (Å²) in [5.41, 5.74) is 7.00.